The highest BCUT2D eigenvalue weighted by Gasteiger charge is 2.11. The van der Waals surface area contributed by atoms with Gasteiger partial charge in [-0.15, -0.1) is 0 Å². The number of urea groups is 1. The highest BCUT2D eigenvalue weighted by atomic mass is 16.2. The van der Waals surface area contributed by atoms with Gasteiger partial charge in [0.05, 0.1) is 5.69 Å². The van der Waals surface area contributed by atoms with Gasteiger partial charge in [-0.05, 0) is 38.1 Å². The zero-order valence-corrected chi connectivity index (χ0v) is 15.1. The highest BCUT2D eigenvalue weighted by molar-refractivity contribution is 6.10. The van der Waals surface area contributed by atoms with Gasteiger partial charge in [0.25, 0.3) is 0 Å². The van der Waals surface area contributed by atoms with E-state index in [9.17, 15) is 4.79 Å². The topological polar surface area (TPSA) is 63.9 Å². The zero-order valence-electron chi connectivity index (χ0n) is 15.1. The molecule has 6 nitrogen and oxygen atoms in total. The molecule has 0 spiro atoms. The third-order valence-electron chi connectivity index (χ3n) is 4.59. The molecule has 0 radical (unpaired) electrons. The molecule has 2 N–H and O–H groups in total. The van der Waals surface area contributed by atoms with E-state index in [-0.39, 0.29) is 6.03 Å². The average Bonchev–Trinajstić information content (AvgIpc) is 3.10. The molecule has 0 atom stereocenters. The molecule has 6 heteroatoms. The second-order valence-electron chi connectivity index (χ2n) is 6.37. The number of nitrogens with zero attached hydrogens (tertiary/aromatic N) is 3. The van der Waals surface area contributed by atoms with Gasteiger partial charge in [0, 0.05) is 47.2 Å². The van der Waals surface area contributed by atoms with Crippen molar-refractivity contribution in [3.63, 3.8) is 0 Å². The van der Waals surface area contributed by atoms with Crippen molar-refractivity contribution in [2.24, 2.45) is 7.05 Å². The van der Waals surface area contributed by atoms with E-state index in [4.69, 9.17) is 0 Å². The normalized spacial score (nSPS) is 11.2. The number of rotatable bonds is 3. The molecule has 0 fully saturated rings. The molecule has 2 heterocycles. The van der Waals surface area contributed by atoms with E-state index in [2.05, 4.69) is 51.5 Å². The fraction of sp³-hybridized carbons (Fsp3) is 0.200. The number of anilines is 2. The maximum absolute atomic E-state index is 12.3. The van der Waals surface area contributed by atoms with Crippen molar-refractivity contribution >= 4 is 39.3 Å². The summed E-state index contributed by atoms with van der Waals surface area (Å²) in [5.41, 5.74) is 3.99. The van der Waals surface area contributed by atoms with Gasteiger partial charge in [-0.1, -0.05) is 18.2 Å². The van der Waals surface area contributed by atoms with Gasteiger partial charge in [0.15, 0.2) is 0 Å². The largest absolute Gasteiger partial charge is 0.341 e. The first-order chi connectivity index (χ1) is 12.6. The second-order valence-corrected chi connectivity index (χ2v) is 6.37. The van der Waals surface area contributed by atoms with Crippen LogP contribution in [0.5, 0.6) is 0 Å². The number of hydrogen-bond donors (Lipinski definition) is 2. The average molecular weight is 347 g/mol. The van der Waals surface area contributed by atoms with E-state index in [1.807, 2.05) is 31.2 Å². The Labute approximate surface area is 151 Å². The Morgan fingerprint density at radius 2 is 1.81 bits per heavy atom. The van der Waals surface area contributed by atoms with Crippen molar-refractivity contribution in [2.75, 3.05) is 10.6 Å². The van der Waals surface area contributed by atoms with E-state index in [1.54, 1.807) is 11.7 Å². The Morgan fingerprint density at radius 1 is 1.04 bits per heavy atom. The number of aryl methyl sites for hydroxylation is 3. The van der Waals surface area contributed by atoms with Crippen molar-refractivity contribution in [1.29, 1.82) is 0 Å². The summed E-state index contributed by atoms with van der Waals surface area (Å²) in [4.78, 5) is 12.3. The summed E-state index contributed by atoms with van der Waals surface area (Å²) in [6.45, 7) is 4.93. The summed E-state index contributed by atoms with van der Waals surface area (Å²) in [6.07, 6.45) is 0. The van der Waals surface area contributed by atoms with E-state index >= 15 is 0 Å². The van der Waals surface area contributed by atoms with Crippen LogP contribution in [-0.2, 0) is 13.6 Å². The minimum atomic E-state index is -0.286. The molecule has 2 aromatic heterocycles. The van der Waals surface area contributed by atoms with Crippen LogP contribution < -0.4 is 10.6 Å². The fourth-order valence-electron chi connectivity index (χ4n) is 3.48. The summed E-state index contributed by atoms with van der Waals surface area (Å²) >= 11 is 0. The van der Waals surface area contributed by atoms with Crippen LogP contribution in [0, 0.1) is 6.92 Å². The van der Waals surface area contributed by atoms with Crippen LogP contribution in [0.15, 0.2) is 48.5 Å². The molecule has 0 saturated heterocycles. The number of hydrogen-bond acceptors (Lipinski definition) is 2. The molecule has 4 aromatic rings. The lowest BCUT2D eigenvalue weighted by Crippen LogP contribution is -2.21. The second kappa shape index (κ2) is 6.22. The molecule has 2 amide bonds. The molecule has 0 aliphatic rings. The van der Waals surface area contributed by atoms with Gasteiger partial charge in [-0.2, -0.15) is 5.10 Å². The van der Waals surface area contributed by atoms with Crippen molar-refractivity contribution in [3.8, 4) is 0 Å². The first-order valence-corrected chi connectivity index (χ1v) is 8.66. The Kier molecular flexibility index (Phi) is 3.88. The summed E-state index contributed by atoms with van der Waals surface area (Å²) in [5, 5.41) is 12.3. The Balaban J connectivity index is 1.66. The summed E-state index contributed by atoms with van der Waals surface area (Å²) < 4.78 is 3.93. The number of carbonyl (C=O) groups excluding carboxylic acids is 1. The predicted octanol–water partition coefficient (Wildman–Crippen LogP) is 4.50. The first kappa shape index (κ1) is 16.2. The van der Waals surface area contributed by atoms with Gasteiger partial charge in [0.1, 0.15) is 5.82 Å². The number of fused-ring (bicyclic) bond motifs is 3. The van der Waals surface area contributed by atoms with Gasteiger partial charge in [-0.25, -0.2) is 4.79 Å². The van der Waals surface area contributed by atoms with Gasteiger partial charge in [-0.3, -0.25) is 10.00 Å². The highest BCUT2D eigenvalue weighted by Crippen LogP contribution is 2.31. The standard InChI is InChI=1S/C20H21N5O/c1-4-25-17-8-6-5-7-15(17)16-12-14(9-10-18(16)25)21-20(26)22-19-11-13(2)23-24(19)3/h5-12H,4H2,1-3H3,(H2,21,22,26). The van der Waals surface area contributed by atoms with Crippen molar-refractivity contribution < 1.29 is 4.79 Å². The van der Waals surface area contributed by atoms with Crippen LogP contribution in [-0.4, -0.2) is 20.4 Å². The van der Waals surface area contributed by atoms with Crippen LogP contribution in [0.1, 0.15) is 12.6 Å². The Hall–Kier alpha value is -3.28. The summed E-state index contributed by atoms with van der Waals surface area (Å²) in [6, 6.07) is 15.9. The lowest BCUT2D eigenvalue weighted by Gasteiger charge is -2.08. The molecule has 0 saturated carbocycles. The van der Waals surface area contributed by atoms with Crippen LogP contribution in [0.2, 0.25) is 0 Å². The molecule has 0 unspecified atom stereocenters. The van der Waals surface area contributed by atoms with E-state index in [0.717, 1.165) is 23.3 Å². The number of para-hydroxylation sites is 1. The van der Waals surface area contributed by atoms with E-state index < -0.39 is 0 Å². The Bertz CT molecular complexity index is 1120. The van der Waals surface area contributed by atoms with E-state index in [1.165, 1.54) is 16.4 Å². The number of aromatic nitrogens is 3. The monoisotopic (exact) mass is 347 g/mol. The van der Waals surface area contributed by atoms with Crippen LogP contribution in [0.4, 0.5) is 16.3 Å². The minimum absolute atomic E-state index is 0.286. The smallest absolute Gasteiger partial charge is 0.324 e. The molecule has 0 aliphatic carbocycles. The molecule has 2 aromatic carbocycles. The molecule has 132 valence electrons. The van der Waals surface area contributed by atoms with E-state index in [0.29, 0.717) is 5.82 Å². The van der Waals surface area contributed by atoms with Crippen LogP contribution in [0.25, 0.3) is 21.8 Å². The molecule has 0 bridgehead atoms. The predicted molar refractivity (Wildman–Crippen MR) is 106 cm³/mol. The number of amides is 2. The maximum atomic E-state index is 12.3. The van der Waals surface area contributed by atoms with Crippen molar-refractivity contribution in [3.05, 3.63) is 54.2 Å². The molecule has 26 heavy (non-hydrogen) atoms. The lowest BCUT2D eigenvalue weighted by atomic mass is 10.1. The molecular formula is C20H21N5O. The third-order valence-corrected chi connectivity index (χ3v) is 4.59. The zero-order chi connectivity index (χ0) is 18.3. The Morgan fingerprint density at radius 3 is 2.54 bits per heavy atom. The maximum Gasteiger partial charge on any atom is 0.324 e. The van der Waals surface area contributed by atoms with Crippen molar-refractivity contribution in [1.82, 2.24) is 14.3 Å². The quantitative estimate of drug-likeness (QED) is 0.573. The minimum Gasteiger partial charge on any atom is -0.341 e. The first-order valence-electron chi connectivity index (χ1n) is 8.66. The summed E-state index contributed by atoms with van der Waals surface area (Å²) in [5.74, 6) is 0.656. The van der Waals surface area contributed by atoms with Gasteiger partial charge < -0.3 is 9.88 Å². The van der Waals surface area contributed by atoms with Crippen LogP contribution >= 0.6 is 0 Å². The van der Waals surface area contributed by atoms with Crippen LogP contribution in [0.3, 0.4) is 0 Å². The third kappa shape index (κ3) is 2.69. The number of carbonyl (C=O) groups is 1. The molecular weight excluding hydrogens is 326 g/mol. The van der Waals surface area contributed by atoms with Crippen molar-refractivity contribution in [2.45, 2.75) is 20.4 Å². The van der Waals surface area contributed by atoms with Gasteiger partial charge in [0.2, 0.25) is 0 Å². The molecule has 0 aliphatic heterocycles. The number of benzene rings is 2. The fourth-order valence-corrected chi connectivity index (χ4v) is 3.48. The SMILES string of the molecule is CCn1c2ccccc2c2cc(NC(=O)Nc3cc(C)nn3C)ccc21. The lowest BCUT2D eigenvalue weighted by molar-refractivity contribution is 0.262. The van der Waals surface area contributed by atoms with Gasteiger partial charge >= 0.3 is 6.03 Å². The molecule has 4 rings (SSSR count). The summed E-state index contributed by atoms with van der Waals surface area (Å²) in [7, 11) is 1.80. The number of nitrogens with one attached hydrogen (secondary N) is 2.